The molecule has 3 heteroatoms. The van der Waals surface area contributed by atoms with E-state index in [9.17, 15) is 5.11 Å². The van der Waals surface area contributed by atoms with E-state index in [-0.39, 0.29) is 0 Å². The Morgan fingerprint density at radius 1 is 1.67 bits per heavy atom. The van der Waals surface area contributed by atoms with E-state index in [1.54, 1.807) is 18.4 Å². The van der Waals surface area contributed by atoms with Gasteiger partial charge in [0.05, 0.1) is 6.26 Å². The summed E-state index contributed by atoms with van der Waals surface area (Å²) in [6.45, 7) is 0.595. The second-order valence-corrected chi connectivity index (χ2v) is 3.21. The molecule has 2 rings (SSSR count). The van der Waals surface area contributed by atoms with Gasteiger partial charge in [-0.1, -0.05) is 0 Å². The maximum Gasteiger partial charge on any atom is 0.133 e. The molecule has 1 heterocycles. The molecule has 1 aliphatic rings. The van der Waals surface area contributed by atoms with E-state index in [0.717, 1.165) is 0 Å². The topological polar surface area (TPSA) is 45.4 Å². The molecule has 0 radical (unpaired) electrons. The Balaban J connectivity index is 1.79. The summed E-state index contributed by atoms with van der Waals surface area (Å²) in [4.78, 5) is 0. The molecule has 2 N–H and O–H groups in total. The molecule has 1 aromatic heterocycles. The van der Waals surface area contributed by atoms with Gasteiger partial charge in [0.2, 0.25) is 0 Å². The molecule has 1 saturated carbocycles. The average Bonchev–Trinajstić information content (AvgIpc) is 2.74. The van der Waals surface area contributed by atoms with E-state index < -0.39 is 6.10 Å². The van der Waals surface area contributed by atoms with Crippen molar-refractivity contribution in [3.8, 4) is 0 Å². The molecule has 0 aromatic carbocycles. The Hall–Kier alpha value is -0.800. The first-order valence-electron chi connectivity index (χ1n) is 4.31. The highest BCUT2D eigenvalue weighted by Gasteiger charge is 2.22. The summed E-state index contributed by atoms with van der Waals surface area (Å²) < 4.78 is 5.06. The number of hydrogen-bond donors (Lipinski definition) is 2. The Morgan fingerprint density at radius 3 is 3.08 bits per heavy atom. The van der Waals surface area contributed by atoms with Crippen LogP contribution in [0, 0.1) is 0 Å². The average molecular weight is 167 g/mol. The molecule has 0 bridgehead atoms. The van der Waals surface area contributed by atoms with Gasteiger partial charge in [-0.3, -0.25) is 0 Å². The van der Waals surface area contributed by atoms with Gasteiger partial charge < -0.3 is 14.8 Å². The predicted molar refractivity (Wildman–Crippen MR) is 44.7 cm³/mol. The highest BCUT2D eigenvalue weighted by molar-refractivity contribution is 5.02. The van der Waals surface area contributed by atoms with E-state index in [4.69, 9.17) is 4.42 Å². The second-order valence-electron chi connectivity index (χ2n) is 3.21. The lowest BCUT2D eigenvalue weighted by molar-refractivity contribution is 0.147. The van der Waals surface area contributed by atoms with Crippen LogP contribution in [0.15, 0.2) is 22.8 Å². The maximum atomic E-state index is 9.53. The zero-order chi connectivity index (χ0) is 8.39. The maximum absolute atomic E-state index is 9.53. The van der Waals surface area contributed by atoms with E-state index >= 15 is 0 Å². The summed E-state index contributed by atoms with van der Waals surface area (Å²) in [7, 11) is 0. The summed E-state index contributed by atoms with van der Waals surface area (Å²) in [5.41, 5.74) is 0. The third-order valence-corrected chi connectivity index (χ3v) is 2.05. The fraction of sp³-hybridized carbons (Fsp3) is 0.556. The van der Waals surface area contributed by atoms with Gasteiger partial charge in [-0.2, -0.15) is 0 Å². The Bertz CT molecular complexity index is 229. The van der Waals surface area contributed by atoms with Crippen molar-refractivity contribution in [1.29, 1.82) is 0 Å². The van der Waals surface area contributed by atoms with Crippen LogP contribution in [-0.2, 0) is 0 Å². The number of nitrogens with one attached hydrogen (secondary N) is 1. The fourth-order valence-corrected chi connectivity index (χ4v) is 1.15. The monoisotopic (exact) mass is 167 g/mol. The lowest BCUT2D eigenvalue weighted by atomic mass is 10.3. The molecular formula is C9H13NO2. The Labute approximate surface area is 71.4 Å². The van der Waals surface area contributed by atoms with Crippen molar-refractivity contribution in [2.24, 2.45) is 0 Å². The van der Waals surface area contributed by atoms with Gasteiger partial charge in [0, 0.05) is 12.6 Å². The minimum absolute atomic E-state index is 0.499. The van der Waals surface area contributed by atoms with Gasteiger partial charge in [0.25, 0.3) is 0 Å². The van der Waals surface area contributed by atoms with E-state index in [1.165, 1.54) is 12.8 Å². The molecule has 66 valence electrons. The molecule has 12 heavy (non-hydrogen) atoms. The lowest BCUT2D eigenvalue weighted by Gasteiger charge is -2.07. The van der Waals surface area contributed by atoms with E-state index in [0.29, 0.717) is 18.3 Å². The number of aliphatic hydroxyl groups is 1. The lowest BCUT2D eigenvalue weighted by Crippen LogP contribution is -2.22. The largest absolute Gasteiger partial charge is 0.467 e. The molecule has 1 aromatic rings. The first-order chi connectivity index (χ1) is 5.86. The van der Waals surface area contributed by atoms with Gasteiger partial charge in [0.15, 0.2) is 0 Å². The minimum Gasteiger partial charge on any atom is -0.467 e. The molecule has 0 spiro atoms. The zero-order valence-electron chi connectivity index (χ0n) is 6.86. The van der Waals surface area contributed by atoms with Crippen molar-refractivity contribution < 1.29 is 9.52 Å². The van der Waals surface area contributed by atoms with E-state index in [2.05, 4.69) is 5.32 Å². The second kappa shape index (κ2) is 3.29. The van der Waals surface area contributed by atoms with Crippen molar-refractivity contribution in [3.63, 3.8) is 0 Å². The Kier molecular flexibility index (Phi) is 2.15. The van der Waals surface area contributed by atoms with Crippen LogP contribution in [-0.4, -0.2) is 17.7 Å². The number of aliphatic hydroxyl groups excluding tert-OH is 1. The van der Waals surface area contributed by atoms with E-state index in [1.807, 2.05) is 0 Å². The molecule has 0 aliphatic heterocycles. The smallest absolute Gasteiger partial charge is 0.133 e. The van der Waals surface area contributed by atoms with Crippen LogP contribution < -0.4 is 5.32 Å². The minimum atomic E-state index is -0.499. The van der Waals surface area contributed by atoms with Gasteiger partial charge in [-0.25, -0.2) is 0 Å². The molecule has 3 nitrogen and oxygen atoms in total. The van der Waals surface area contributed by atoms with Gasteiger partial charge in [0.1, 0.15) is 11.9 Å². The fourth-order valence-electron chi connectivity index (χ4n) is 1.15. The number of hydrogen-bond acceptors (Lipinski definition) is 3. The Morgan fingerprint density at radius 2 is 2.50 bits per heavy atom. The third kappa shape index (κ3) is 1.87. The zero-order valence-corrected chi connectivity index (χ0v) is 6.86. The van der Waals surface area contributed by atoms with Crippen LogP contribution in [0.25, 0.3) is 0 Å². The quantitative estimate of drug-likeness (QED) is 0.705. The molecule has 1 aliphatic carbocycles. The summed E-state index contributed by atoms with van der Waals surface area (Å²) >= 11 is 0. The molecule has 0 saturated heterocycles. The van der Waals surface area contributed by atoms with Crippen LogP contribution in [0.2, 0.25) is 0 Å². The first-order valence-corrected chi connectivity index (χ1v) is 4.31. The standard InChI is InChI=1S/C9H13NO2/c11-8(6-10-7-3-4-7)9-2-1-5-12-9/h1-2,5,7-8,10-11H,3-4,6H2. The summed E-state index contributed by atoms with van der Waals surface area (Å²) in [5, 5.41) is 12.8. The molecule has 1 unspecified atom stereocenters. The molecule has 1 atom stereocenters. The molecule has 0 amide bonds. The summed E-state index contributed by atoms with van der Waals surface area (Å²) in [5.74, 6) is 0.642. The molecular weight excluding hydrogens is 154 g/mol. The molecule has 1 fully saturated rings. The van der Waals surface area contributed by atoms with Gasteiger partial charge in [-0.15, -0.1) is 0 Å². The first kappa shape index (κ1) is 7.83. The van der Waals surface area contributed by atoms with Crippen LogP contribution in [0.3, 0.4) is 0 Å². The number of rotatable bonds is 4. The predicted octanol–water partition coefficient (Wildman–Crippen LogP) is 1.07. The number of furan rings is 1. The van der Waals surface area contributed by atoms with Crippen molar-refractivity contribution >= 4 is 0 Å². The van der Waals surface area contributed by atoms with Gasteiger partial charge >= 0.3 is 0 Å². The third-order valence-electron chi connectivity index (χ3n) is 2.05. The van der Waals surface area contributed by atoms with Gasteiger partial charge in [-0.05, 0) is 25.0 Å². The van der Waals surface area contributed by atoms with Crippen LogP contribution in [0.4, 0.5) is 0 Å². The highest BCUT2D eigenvalue weighted by atomic mass is 16.4. The van der Waals surface area contributed by atoms with Crippen LogP contribution in [0.1, 0.15) is 24.7 Å². The highest BCUT2D eigenvalue weighted by Crippen LogP contribution is 2.20. The van der Waals surface area contributed by atoms with Crippen LogP contribution >= 0.6 is 0 Å². The van der Waals surface area contributed by atoms with Crippen LogP contribution in [0.5, 0.6) is 0 Å². The SMILES string of the molecule is OC(CNC1CC1)c1ccco1. The normalized spacial score (nSPS) is 19.4. The van der Waals surface area contributed by atoms with Crippen molar-refractivity contribution in [3.05, 3.63) is 24.2 Å². The summed E-state index contributed by atoms with van der Waals surface area (Å²) in [6, 6.07) is 4.21. The summed E-state index contributed by atoms with van der Waals surface area (Å²) in [6.07, 6.45) is 3.56. The van der Waals surface area contributed by atoms with Crippen molar-refractivity contribution in [2.75, 3.05) is 6.54 Å². The van der Waals surface area contributed by atoms with Crippen molar-refractivity contribution in [1.82, 2.24) is 5.32 Å². The van der Waals surface area contributed by atoms with Crippen molar-refractivity contribution in [2.45, 2.75) is 25.0 Å².